The highest BCUT2D eigenvalue weighted by Gasteiger charge is 2.15. The zero-order valence-electron chi connectivity index (χ0n) is 7.31. The fourth-order valence-corrected chi connectivity index (χ4v) is 1.49. The van der Waals surface area contributed by atoms with Gasteiger partial charge in [0.15, 0.2) is 0 Å². The van der Waals surface area contributed by atoms with Gasteiger partial charge in [0.2, 0.25) is 0 Å². The van der Waals surface area contributed by atoms with E-state index in [-0.39, 0.29) is 0 Å². The summed E-state index contributed by atoms with van der Waals surface area (Å²) in [6.45, 7) is 0. The minimum atomic E-state index is -0.793. The van der Waals surface area contributed by atoms with Crippen LogP contribution in [0.15, 0.2) is 36.7 Å². The molecule has 2 aromatic heterocycles. The van der Waals surface area contributed by atoms with Gasteiger partial charge in [-0.2, -0.15) is 0 Å². The Kier molecular flexibility index (Phi) is 2.52. The molecular weight excluding hydrogens is 200 g/mol. The number of H-pyrrole nitrogens is 1. The molecule has 2 N–H and O–H groups in total. The second kappa shape index (κ2) is 3.82. The predicted molar refractivity (Wildman–Crippen MR) is 54.1 cm³/mol. The lowest BCUT2D eigenvalue weighted by molar-refractivity contribution is 0.211. The minimum absolute atomic E-state index is 0.467. The van der Waals surface area contributed by atoms with Crippen LogP contribution in [0.2, 0.25) is 5.02 Å². The van der Waals surface area contributed by atoms with E-state index in [4.69, 9.17) is 11.6 Å². The van der Waals surface area contributed by atoms with Crippen molar-refractivity contribution in [2.45, 2.75) is 6.10 Å². The van der Waals surface area contributed by atoms with Crippen LogP contribution >= 0.6 is 11.6 Å². The summed E-state index contributed by atoms with van der Waals surface area (Å²) in [6, 6.07) is 7.04. The number of nitrogens with zero attached hydrogens (tertiary/aromatic N) is 1. The Hall–Kier alpha value is -1.32. The van der Waals surface area contributed by atoms with Gasteiger partial charge in [0.1, 0.15) is 6.10 Å². The number of hydrogen-bond acceptors (Lipinski definition) is 2. The van der Waals surface area contributed by atoms with Crippen LogP contribution in [0.1, 0.15) is 17.5 Å². The van der Waals surface area contributed by atoms with E-state index in [0.717, 1.165) is 0 Å². The number of aromatic nitrogens is 2. The quantitative estimate of drug-likeness (QED) is 0.795. The van der Waals surface area contributed by atoms with E-state index < -0.39 is 6.10 Å². The van der Waals surface area contributed by atoms with E-state index in [1.54, 1.807) is 30.6 Å². The summed E-state index contributed by atoms with van der Waals surface area (Å²) in [6.07, 6.45) is 2.56. The molecular formula is C10H9ClN2O. The molecule has 1 atom stereocenters. The lowest BCUT2D eigenvalue weighted by Gasteiger charge is -2.09. The molecule has 14 heavy (non-hydrogen) atoms. The van der Waals surface area contributed by atoms with E-state index in [2.05, 4.69) is 9.97 Å². The monoisotopic (exact) mass is 208 g/mol. The molecule has 0 saturated carbocycles. The SMILES string of the molecule is OC(c1ccc[nH]1)c1ncccc1Cl. The zero-order valence-corrected chi connectivity index (χ0v) is 8.07. The summed E-state index contributed by atoms with van der Waals surface area (Å²) in [5.41, 5.74) is 1.15. The Morgan fingerprint density at radius 2 is 2.21 bits per heavy atom. The average molecular weight is 209 g/mol. The fraction of sp³-hybridized carbons (Fsp3) is 0.100. The molecule has 72 valence electrons. The van der Waals surface area contributed by atoms with Gasteiger partial charge >= 0.3 is 0 Å². The molecule has 4 heteroatoms. The third kappa shape index (κ3) is 1.64. The van der Waals surface area contributed by atoms with Gasteiger partial charge in [-0.25, -0.2) is 0 Å². The molecule has 0 saturated heterocycles. The first-order valence-electron chi connectivity index (χ1n) is 4.21. The van der Waals surface area contributed by atoms with Crippen LogP contribution in [0, 0.1) is 0 Å². The van der Waals surface area contributed by atoms with Crippen molar-refractivity contribution in [1.29, 1.82) is 0 Å². The highest BCUT2D eigenvalue weighted by atomic mass is 35.5. The van der Waals surface area contributed by atoms with E-state index in [1.807, 2.05) is 6.07 Å². The van der Waals surface area contributed by atoms with Crippen molar-refractivity contribution in [2.24, 2.45) is 0 Å². The summed E-state index contributed by atoms with van der Waals surface area (Å²) in [7, 11) is 0. The molecule has 0 aliphatic rings. The van der Waals surface area contributed by atoms with Gasteiger partial charge in [0, 0.05) is 12.4 Å². The second-order valence-corrected chi connectivity index (χ2v) is 3.31. The van der Waals surface area contributed by atoms with Crippen LogP contribution < -0.4 is 0 Å². The number of pyridine rings is 1. The first-order chi connectivity index (χ1) is 6.79. The summed E-state index contributed by atoms with van der Waals surface area (Å²) in [5, 5.41) is 10.4. The molecule has 0 spiro atoms. The van der Waals surface area contributed by atoms with E-state index in [9.17, 15) is 5.11 Å². The Morgan fingerprint density at radius 1 is 1.36 bits per heavy atom. The fourth-order valence-electron chi connectivity index (χ4n) is 1.26. The molecule has 3 nitrogen and oxygen atoms in total. The standard InChI is InChI=1S/C10H9ClN2O/c11-7-3-1-6-13-9(7)10(14)8-4-2-5-12-8/h1-6,10,12,14H. The van der Waals surface area contributed by atoms with Crippen molar-refractivity contribution >= 4 is 11.6 Å². The number of aliphatic hydroxyl groups excluding tert-OH is 1. The maximum absolute atomic E-state index is 9.88. The molecule has 0 bridgehead atoms. The Bertz CT molecular complexity index is 414. The van der Waals surface area contributed by atoms with Crippen LogP contribution in [0.25, 0.3) is 0 Å². The van der Waals surface area contributed by atoms with Gasteiger partial charge in [-0.15, -0.1) is 0 Å². The van der Waals surface area contributed by atoms with E-state index >= 15 is 0 Å². The summed E-state index contributed by atoms with van der Waals surface area (Å²) < 4.78 is 0. The van der Waals surface area contributed by atoms with Crippen molar-refractivity contribution in [2.75, 3.05) is 0 Å². The first kappa shape index (κ1) is 9.24. The number of rotatable bonds is 2. The number of aliphatic hydroxyl groups is 1. The molecule has 2 aromatic rings. The first-order valence-corrected chi connectivity index (χ1v) is 4.58. The molecule has 0 aliphatic heterocycles. The summed E-state index contributed by atoms with van der Waals surface area (Å²) in [4.78, 5) is 6.95. The van der Waals surface area contributed by atoms with Gasteiger partial charge in [0.25, 0.3) is 0 Å². The highest BCUT2D eigenvalue weighted by Crippen LogP contribution is 2.24. The van der Waals surface area contributed by atoms with Crippen molar-refractivity contribution in [1.82, 2.24) is 9.97 Å². The minimum Gasteiger partial charge on any atom is -0.380 e. The zero-order chi connectivity index (χ0) is 9.97. The van der Waals surface area contributed by atoms with Gasteiger partial charge in [-0.1, -0.05) is 11.6 Å². The third-order valence-electron chi connectivity index (χ3n) is 1.96. The second-order valence-electron chi connectivity index (χ2n) is 2.90. The molecule has 0 aromatic carbocycles. The van der Waals surface area contributed by atoms with E-state index in [0.29, 0.717) is 16.4 Å². The van der Waals surface area contributed by atoms with Crippen molar-refractivity contribution in [3.05, 3.63) is 53.1 Å². The Morgan fingerprint density at radius 3 is 2.86 bits per heavy atom. The average Bonchev–Trinajstić information content (AvgIpc) is 2.70. The molecule has 2 heterocycles. The third-order valence-corrected chi connectivity index (χ3v) is 2.28. The predicted octanol–water partition coefficient (Wildman–Crippen LogP) is 2.14. The molecule has 0 amide bonds. The van der Waals surface area contributed by atoms with Crippen LogP contribution in [-0.4, -0.2) is 15.1 Å². The smallest absolute Gasteiger partial charge is 0.137 e. The van der Waals surface area contributed by atoms with Crippen molar-refractivity contribution in [3.63, 3.8) is 0 Å². The number of halogens is 1. The van der Waals surface area contributed by atoms with Crippen LogP contribution in [-0.2, 0) is 0 Å². The summed E-state index contributed by atoms with van der Waals surface area (Å²) >= 11 is 5.90. The van der Waals surface area contributed by atoms with Crippen LogP contribution in [0.4, 0.5) is 0 Å². The lowest BCUT2D eigenvalue weighted by Crippen LogP contribution is -2.03. The van der Waals surface area contributed by atoms with Gasteiger partial charge in [-0.3, -0.25) is 4.98 Å². The van der Waals surface area contributed by atoms with Crippen LogP contribution in [0.3, 0.4) is 0 Å². The number of nitrogens with one attached hydrogen (secondary N) is 1. The Labute approximate surface area is 86.4 Å². The van der Waals surface area contributed by atoms with Gasteiger partial charge < -0.3 is 10.1 Å². The van der Waals surface area contributed by atoms with Gasteiger partial charge in [0.05, 0.1) is 16.4 Å². The topological polar surface area (TPSA) is 48.9 Å². The molecule has 0 fully saturated rings. The normalized spacial score (nSPS) is 12.7. The molecule has 0 aliphatic carbocycles. The molecule has 1 unspecified atom stereocenters. The maximum atomic E-state index is 9.88. The number of aromatic amines is 1. The largest absolute Gasteiger partial charge is 0.380 e. The number of hydrogen-bond donors (Lipinski definition) is 2. The molecule has 2 rings (SSSR count). The van der Waals surface area contributed by atoms with Crippen LogP contribution in [0.5, 0.6) is 0 Å². The van der Waals surface area contributed by atoms with Gasteiger partial charge in [-0.05, 0) is 24.3 Å². The highest BCUT2D eigenvalue weighted by molar-refractivity contribution is 6.31. The van der Waals surface area contributed by atoms with Crippen molar-refractivity contribution in [3.8, 4) is 0 Å². The Balaban J connectivity index is 2.37. The summed E-state index contributed by atoms with van der Waals surface area (Å²) in [5.74, 6) is 0. The lowest BCUT2D eigenvalue weighted by atomic mass is 10.2. The van der Waals surface area contributed by atoms with E-state index in [1.165, 1.54) is 0 Å². The van der Waals surface area contributed by atoms with Crippen molar-refractivity contribution < 1.29 is 5.11 Å². The maximum Gasteiger partial charge on any atom is 0.137 e. The molecule has 0 radical (unpaired) electrons.